The van der Waals surface area contributed by atoms with Gasteiger partial charge in [0.25, 0.3) is 0 Å². The lowest BCUT2D eigenvalue weighted by Gasteiger charge is -2.48. The Morgan fingerprint density at radius 1 is 1.12 bits per heavy atom. The molecule has 0 spiro atoms. The Kier molecular flexibility index (Phi) is 4.43. The van der Waals surface area contributed by atoms with E-state index in [0.717, 1.165) is 50.4 Å². The Morgan fingerprint density at radius 3 is 2.52 bits per heavy atom. The topological polar surface area (TPSA) is 91.6 Å². The molecule has 1 aromatic heterocycles. The minimum Gasteiger partial charge on any atom is -0.367 e. The number of nitrogens with one attached hydrogen (secondary N) is 1. The van der Waals surface area contributed by atoms with Crippen molar-refractivity contribution in [2.75, 3.05) is 31.1 Å². The van der Waals surface area contributed by atoms with E-state index < -0.39 is 0 Å². The monoisotopic (exact) mass is 343 g/mol. The summed E-state index contributed by atoms with van der Waals surface area (Å²) in [6.07, 6.45) is 4.96. The van der Waals surface area contributed by atoms with Crippen LogP contribution in [0.15, 0.2) is 18.3 Å². The van der Waals surface area contributed by atoms with Gasteiger partial charge in [0, 0.05) is 44.7 Å². The second-order valence-corrected chi connectivity index (χ2v) is 7.38. The van der Waals surface area contributed by atoms with Crippen LogP contribution in [0.4, 0.5) is 5.69 Å². The van der Waals surface area contributed by atoms with Crippen LogP contribution < -0.4 is 16.0 Å². The summed E-state index contributed by atoms with van der Waals surface area (Å²) in [5, 5.41) is 2.39. The Labute approximate surface area is 147 Å². The van der Waals surface area contributed by atoms with Crippen LogP contribution >= 0.6 is 0 Å². The van der Waals surface area contributed by atoms with Crippen LogP contribution in [0, 0.1) is 0 Å². The Bertz CT molecular complexity index is 648. The molecule has 4 rings (SSSR count). The third kappa shape index (κ3) is 3.39. The molecule has 2 amide bonds. The quantitative estimate of drug-likeness (QED) is 0.763. The average Bonchev–Trinajstić information content (AvgIpc) is 2.56. The minimum absolute atomic E-state index is 0.192. The molecule has 0 aromatic carbocycles. The zero-order valence-corrected chi connectivity index (χ0v) is 14.4. The molecule has 0 aliphatic carbocycles. The second kappa shape index (κ2) is 6.72. The van der Waals surface area contributed by atoms with Crippen molar-refractivity contribution in [3.05, 3.63) is 24.0 Å². The molecular weight excluding hydrogens is 318 g/mol. The molecule has 3 aliphatic heterocycles. The molecule has 134 valence electrons. The Balaban J connectivity index is 1.33. The maximum atomic E-state index is 11.9. The van der Waals surface area contributed by atoms with Gasteiger partial charge in [0.1, 0.15) is 0 Å². The van der Waals surface area contributed by atoms with E-state index >= 15 is 0 Å². The van der Waals surface area contributed by atoms with Crippen molar-refractivity contribution in [3.63, 3.8) is 0 Å². The zero-order chi connectivity index (χ0) is 17.4. The van der Waals surface area contributed by atoms with Crippen molar-refractivity contribution < 1.29 is 9.59 Å². The van der Waals surface area contributed by atoms with Gasteiger partial charge in [0.2, 0.25) is 11.8 Å². The Hall–Kier alpha value is -1.99. The number of nitrogens with zero attached hydrogens (tertiary/aromatic N) is 3. The van der Waals surface area contributed by atoms with Gasteiger partial charge in [-0.05, 0) is 31.4 Å². The van der Waals surface area contributed by atoms with Gasteiger partial charge in [0.05, 0.1) is 23.5 Å². The number of carbonyl (C=O) groups excluding carboxylic acids is 2. The number of likely N-dealkylation sites (tertiary alicyclic amines) is 1. The second-order valence-electron chi connectivity index (χ2n) is 7.38. The summed E-state index contributed by atoms with van der Waals surface area (Å²) in [7, 11) is 0. The number of carbonyl (C=O) groups is 2. The van der Waals surface area contributed by atoms with Gasteiger partial charge in [-0.15, -0.1) is 0 Å². The van der Waals surface area contributed by atoms with E-state index in [0.29, 0.717) is 24.9 Å². The van der Waals surface area contributed by atoms with Gasteiger partial charge in [-0.1, -0.05) is 0 Å². The smallest absolute Gasteiger partial charge is 0.235 e. The molecule has 0 saturated carbocycles. The SMILES string of the molecule is NC1CCN(C2CN(c3ccc(C4CCC(=O)NC4=O)nc3)C2)CC1. The summed E-state index contributed by atoms with van der Waals surface area (Å²) < 4.78 is 0. The molecule has 25 heavy (non-hydrogen) atoms. The first-order chi connectivity index (χ1) is 12.1. The highest BCUT2D eigenvalue weighted by molar-refractivity contribution is 6.00. The van der Waals surface area contributed by atoms with Gasteiger partial charge >= 0.3 is 0 Å². The molecule has 1 unspecified atom stereocenters. The molecule has 0 radical (unpaired) electrons. The van der Waals surface area contributed by atoms with Crippen LogP contribution in [0.1, 0.15) is 37.3 Å². The summed E-state index contributed by atoms with van der Waals surface area (Å²) >= 11 is 0. The number of amides is 2. The molecule has 1 atom stereocenters. The van der Waals surface area contributed by atoms with Crippen molar-refractivity contribution in [1.82, 2.24) is 15.2 Å². The van der Waals surface area contributed by atoms with Crippen LogP contribution in [0.3, 0.4) is 0 Å². The number of pyridine rings is 1. The molecule has 3 fully saturated rings. The summed E-state index contributed by atoms with van der Waals surface area (Å²) in [5.74, 6) is -0.736. The third-order valence-corrected chi connectivity index (χ3v) is 5.68. The number of hydrogen-bond acceptors (Lipinski definition) is 6. The lowest BCUT2D eigenvalue weighted by molar-refractivity contribution is -0.134. The number of imide groups is 1. The van der Waals surface area contributed by atoms with Gasteiger partial charge in [-0.3, -0.25) is 24.8 Å². The third-order valence-electron chi connectivity index (χ3n) is 5.68. The van der Waals surface area contributed by atoms with Gasteiger partial charge in [-0.25, -0.2) is 0 Å². The van der Waals surface area contributed by atoms with E-state index in [9.17, 15) is 9.59 Å². The number of rotatable bonds is 3. The summed E-state index contributed by atoms with van der Waals surface area (Å²) in [6, 6.07) is 4.94. The molecule has 7 nitrogen and oxygen atoms in total. The molecule has 3 N–H and O–H groups in total. The van der Waals surface area contributed by atoms with Crippen molar-refractivity contribution in [1.29, 1.82) is 0 Å². The van der Waals surface area contributed by atoms with Gasteiger partial charge in [0.15, 0.2) is 0 Å². The maximum absolute atomic E-state index is 11.9. The first-order valence-corrected chi connectivity index (χ1v) is 9.14. The lowest BCUT2D eigenvalue weighted by Crippen LogP contribution is -2.61. The molecule has 4 heterocycles. The first kappa shape index (κ1) is 16.5. The summed E-state index contributed by atoms with van der Waals surface area (Å²) in [5.41, 5.74) is 7.82. The fraction of sp³-hybridized carbons (Fsp3) is 0.611. The van der Waals surface area contributed by atoms with Gasteiger partial charge in [-0.2, -0.15) is 0 Å². The molecule has 0 bridgehead atoms. The highest BCUT2D eigenvalue weighted by atomic mass is 16.2. The molecule has 3 saturated heterocycles. The van der Waals surface area contributed by atoms with Crippen molar-refractivity contribution in [2.45, 2.75) is 43.7 Å². The average molecular weight is 343 g/mol. The van der Waals surface area contributed by atoms with Crippen molar-refractivity contribution in [2.24, 2.45) is 5.73 Å². The fourth-order valence-electron chi connectivity index (χ4n) is 3.95. The van der Waals surface area contributed by atoms with E-state index in [1.54, 1.807) is 0 Å². The predicted octanol–water partition coefficient (Wildman–Crippen LogP) is 0.214. The summed E-state index contributed by atoms with van der Waals surface area (Å²) in [6.45, 7) is 4.25. The van der Waals surface area contributed by atoms with Crippen LogP contribution in [-0.4, -0.2) is 60.0 Å². The van der Waals surface area contributed by atoms with E-state index in [1.807, 2.05) is 18.3 Å². The number of hydrogen-bond donors (Lipinski definition) is 2. The standard InChI is InChI=1S/C18H25N5O2/c19-12-5-7-22(8-6-12)14-10-23(11-14)13-1-3-16(20-9-13)15-2-4-17(24)21-18(15)25/h1,3,9,12,14-15H,2,4-8,10-11,19H2,(H,21,24,25). The molecule has 7 heteroatoms. The highest BCUT2D eigenvalue weighted by Gasteiger charge is 2.34. The largest absolute Gasteiger partial charge is 0.367 e. The van der Waals surface area contributed by atoms with Crippen LogP contribution in [0.25, 0.3) is 0 Å². The number of anilines is 1. The molecular formula is C18H25N5O2. The van der Waals surface area contributed by atoms with Crippen molar-refractivity contribution >= 4 is 17.5 Å². The first-order valence-electron chi connectivity index (χ1n) is 9.14. The number of piperidine rings is 2. The van der Waals surface area contributed by atoms with E-state index in [4.69, 9.17) is 5.73 Å². The van der Waals surface area contributed by atoms with E-state index in [-0.39, 0.29) is 17.7 Å². The number of aromatic nitrogens is 1. The highest BCUT2D eigenvalue weighted by Crippen LogP contribution is 2.28. The van der Waals surface area contributed by atoms with E-state index in [2.05, 4.69) is 20.1 Å². The normalized spacial score (nSPS) is 26.4. The number of nitrogens with two attached hydrogens (primary N) is 1. The molecule has 1 aromatic rings. The minimum atomic E-state index is -0.312. The van der Waals surface area contributed by atoms with Crippen LogP contribution in [0.2, 0.25) is 0 Å². The van der Waals surface area contributed by atoms with E-state index in [1.165, 1.54) is 0 Å². The van der Waals surface area contributed by atoms with Crippen molar-refractivity contribution in [3.8, 4) is 0 Å². The predicted molar refractivity (Wildman–Crippen MR) is 94.1 cm³/mol. The summed E-state index contributed by atoms with van der Waals surface area (Å²) in [4.78, 5) is 32.5. The Morgan fingerprint density at radius 2 is 1.88 bits per heavy atom. The van der Waals surface area contributed by atoms with Crippen LogP contribution in [-0.2, 0) is 9.59 Å². The zero-order valence-electron chi connectivity index (χ0n) is 14.4. The maximum Gasteiger partial charge on any atom is 0.235 e. The van der Waals surface area contributed by atoms with Gasteiger partial charge < -0.3 is 10.6 Å². The van der Waals surface area contributed by atoms with Crippen LogP contribution in [0.5, 0.6) is 0 Å². The fourth-order valence-corrected chi connectivity index (χ4v) is 3.95. The lowest BCUT2D eigenvalue weighted by atomic mass is 9.94. The molecule has 3 aliphatic rings.